The van der Waals surface area contributed by atoms with Gasteiger partial charge >= 0.3 is 6.09 Å². The van der Waals surface area contributed by atoms with Gasteiger partial charge in [0.1, 0.15) is 17.6 Å². The second kappa shape index (κ2) is 7.87. The van der Waals surface area contributed by atoms with Crippen molar-refractivity contribution in [2.75, 3.05) is 30.8 Å². The van der Waals surface area contributed by atoms with Crippen LogP contribution in [0.3, 0.4) is 0 Å². The number of alkyl carbamates (subject to hydrolysis) is 1. The first-order valence-electron chi connectivity index (χ1n) is 6.72. The smallest absolute Gasteiger partial charge is 0.407 e. The Morgan fingerprint density at radius 1 is 1.33 bits per heavy atom. The third-order valence-corrected chi connectivity index (χ3v) is 2.65. The number of halogens is 1. The van der Waals surface area contributed by atoms with E-state index in [0.29, 0.717) is 29.7 Å². The lowest BCUT2D eigenvalue weighted by Gasteiger charge is -2.19. The SMILES string of the molecule is CNc1c(Cl)ncnc1NCCCNC(=O)OC(C)(C)C. The number of carbonyl (C=O) groups is 1. The van der Waals surface area contributed by atoms with Gasteiger partial charge in [-0.15, -0.1) is 0 Å². The lowest BCUT2D eigenvalue weighted by molar-refractivity contribution is 0.0528. The standard InChI is InChI=1S/C13H22ClN5O2/c1-13(2,3)21-12(20)17-7-5-6-16-11-9(15-4)10(14)18-8-19-11/h8,15H,5-7H2,1-4H3,(H,17,20)(H,16,18,19). The molecule has 1 rings (SSSR count). The normalized spacial score (nSPS) is 10.9. The summed E-state index contributed by atoms with van der Waals surface area (Å²) in [6.45, 7) is 6.62. The van der Waals surface area contributed by atoms with E-state index in [4.69, 9.17) is 16.3 Å². The van der Waals surface area contributed by atoms with Crippen molar-refractivity contribution in [2.24, 2.45) is 0 Å². The Labute approximate surface area is 129 Å². The minimum Gasteiger partial charge on any atom is -0.444 e. The molecule has 0 saturated carbocycles. The highest BCUT2D eigenvalue weighted by Gasteiger charge is 2.15. The molecule has 8 heteroatoms. The summed E-state index contributed by atoms with van der Waals surface area (Å²) in [5, 5.41) is 9.13. The van der Waals surface area contributed by atoms with E-state index in [1.807, 2.05) is 20.8 Å². The van der Waals surface area contributed by atoms with Crippen molar-refractivity contribution in [1.29, 1.82) is 0 Å². The number of carbonyl (C=O) groups excluding carboxylic acids is 1. The third-order valence-electron chi connectivity index (χ3n) is 2.37. The average Bonchev–Trinajstić information content (AvgIpc) is 2.36. The largest absolute Gasteiger partial charge is 0.444 e. The van der Waals surface area contributed by atoms with Gasteiger partial charge < -0.3 is 20.7 Å². The van der Waals surface area contributed by atoms with Crippen LogP contribution in [-0.4, -0.2) is 41.8 Å². The van der Waals surface area contributed by atoms with Crippen molar-refractivity contribution in [1.82, 2.24) is 15.3 Å². The van der Waals surface area contributed by atoms with Crippen LogP contribution in [0.5, 0.6) is 0 Å². The van der Waals surface area contributed by atoms with Crippen LogP contribution >= 0.6 is 11.6 Å². The molecule has 0 aromatic carbocycles. The summed E-state index contributed by atoms with van der Waals surface area (Å²) < 4.78 is 5.14. The van der Waals surface area contributed by atoms with Crippen LogP contribution in [-0.2, 0) is 4.74 Å². The number of hydrogen-bond donors (Lipinski definition) is 3. The Bertz CT molecular complexity index is 476. The fraction of sp³-hybridized carbons (Fsp3) is 0.615. The quantitative estimate of drug-likeness (QED) is 0.552. The van der Waals surface area contributed by atoms with E-state index >= 15 is 0 Å². The molecule has 118 valence electrons. The molecule has 3 N–H and O–H groups in total. The lowest BCUT2D eigenvalue weighted by atomic mass is 10.2. The van der Waals surface area contributed by atoms with Gasteiger partial charge in [0.2, 0.25) is 0 Å². The zero-order valence-corrected chi connectivity index (χ0v) is 13.5. The highest BCUT2D eigenvalue weighted by molar-refractivity contribution is 6.32. The van der Waals surface area contributed by atoms with Gasteiger partial charge in [0.15, 0.2) is 11.0 Å². The Balaban J connectivity index is 2.29. The summed E-state index contributed by atoms with van der Waals surface area (Å²) in [4.78, 5) is 19.4. The fourth-order valence-electron chi connectivity index (χ4n) is 1.52. The number of ether oxygens (including phenoxy) is 1. The summed E-state index contributed by atoms with van der Waals surface area (Å²) in [7, 11) is 1.75. The van der Waals surface area contributed by atoms with E-state index in [1.165, 1.54) is 6.33 Å². The van der Waals surface area contributed by atoms with Gasteiger partial charge in [-0.3, -0.25) is 0 Å². The molecule has 21 heavy (non-hydrogen) atoms. The summed E-state index contributed by atoms with van der Waals surface area (Å²) in [5.74, 6) is 0.634. The first-order chi connectivity index (χ1) is 9.83. The van der Waals surface area contributed by atoms with Crippen LogP contribution in [0.1, 0.15) is 27.2 Å². The van der Waals surface area contributed by atoms with Gasteiger partial charge in [0.05, 0.1) is 0 Å². The molecular formula is C13H22ClN5O2. The van der Waals surface area contributed by atoms with Crippen molar-refractivity contribution in [3.8, 4) is 0 Å². The number of rotatable bonds is 6. The van der Waals surface area contributed by atoms with Crippen molar-refractivity contribution in [2.45, 2.75) is 32.8 Å². The van der Waals surface area contributed by atoms with E-state index in [0.717, 1.165) is 6.42 Å². The van der Waals surface area contributed by atoms with E-state index in [9.17, 15) is 4.79 Å². The predicted octanol–water partition coefficient (Wildman–Crippen LogP) is 2.50. The topological polar surface area (TPSA) is 88.2 Å². The second-order valence-corrected chi connectivity index (χ2v) is 5.71. The molecule has 1 heterocycles. The van der Waals surface area contributed by atoms with Gasteiger partial charge in [-0.2, -0.15) is 0 Å². The molecule has 1 aromatic heterocycles. The van der Waals surface area contributed by atoms with Crippen LogP contribution in [0.25, 0.3) is 0 Å². The predicted molar refractivity (Wildman–Crippen MR) is 83.9 cm³/mol. The maximum Gasteiger partial charge on any atom is 0.407 e. The molecular weight excluding hydrogens is 294 g/mol. The van der Waals surface area contributed by atoms with Crippen molar-refractivity contribution in [3.05, 3.63) is 11.5 Å². The second-order valence-electron chi connectivity index (χ2n) is 5.35. The molecule has 0 radical (unpaired) electrons. The molecule has 0 bridgehead atoms. The average molecular weight is 316 g/mol. The monoisotopic (exact) mass is 315 g/mol. The summed E-state index contributed by atoms with van der Waals surface area (Å²) in [6.07, 6.45) is 1.71. The number of hydrogen-bond acceptors (Lipinski definition) is 6. The van der Waals surface area contributed by atoms with Crippen molar-refractivity contribution < 1.29 is 9.53 Å². The number of nitrogens with zero attached hydrogens (tertiary/aromatic N) is 2. The molecule has 0 spiro atoms. The molecule has 1 amide bonds. The highest BCUT2D eigenvalue weighted by Crippen LogP contribution is 2.24. The van der Waals surface area contributed by atoms with Gasteiger partial charge in [0.25, 0.3) is 0 Å². The molecule has 0 fully saturated rings. The number of amides is 1. The van der Waals surface area contributed by atoms with Crippen LogP contribution in [0.15, 0.2) is 6.33 Å². The summed E-state index contributed by atoms with van der Waals surface area (Å²) in [5.41, 5.74) is 0.168. The van der Waals surface area contributed by atoms with E-state index in [-0.39, 0.29) is 0 Å². The number of nitrogens with one attached hydrogen (secondary N) is 3. The van der Waals surface area contributed by atoms with Crippen LogP contribution in [0.2, 0.25) is 5.15 Å². The molecule has 0 aliphatic carbocycles. The Hall–Kier alpha value is -1.76. The third kappa shape index (κ3) is 6.48. The zero-order valence-electron chi connectivity index (χ0n) is 12.8. The molecule has 1 aromatic rings. The Kier molecular flexibility index (Phi) is 6.48. The van der Waals surface area contributed by atoms with Gasteiger partial charge in [-0.05, 0) is 27.2 Å². The lowest BCUT2D eigenvalue weighted by Crippen LogP contribution is -2.33. The van der Waals surface area contributed by atoms with E-state index < -0.39 is 11.7 Å². The summed E-state index contributed by atoms with van der Waals surface area (Å²) in [6, 6.07) is 0. The number of aromatic nitrogens is 2. The first-order valence-corrected chi connectivity index (χ1v) is 7.10. The van der Waals surface area contributed by atoms with E-state index in [1.54, 1.807) is 7.05 Å². The minimum absolute atomic E-state index is 0.363. The minimum atomic E-state index is -0.484. The van der Waals surface area contributed by atoms with Crippen LogP contribution < -0.4 is 16.0 Å². The zero-order chi connectivity index (χ0) is 15.9. The van der Waals surface area contributed by atoms with Crippen molar-refractivity contribution >= 4 is 29.2 Å². The Morgan fingerprint density at radius 3 is 2.67 bits per heavy atom. The van der Waals surface area contributed by atoms with Crippen LogP contribution in [0, 0.1) is 0 Å². The number of anilines is 2. The Morgan fingerprint density at radius 2 is 2.05 bits per heavy atom. The first kappa shape index (κ1) is 17.3. The molecule has 0 aliphatic heterocycles. The maximum atomic E-state index is 11.4. The molecule has 0 atom stereocenters. The molecule has 0 aliphatic rings. The summed E-state index contributed by atoms with van der Waals surface area (Å²) >= 11 is 5.95. The van der Waals surface area contributed by atoms with Gasteiger partial charge in [-0.25, -0.2) is 14.8 Å². The molecule has 0 saturated heterocycles. The van der Waals surface area contributed by atoms with Crippen LogP contribution in [0.4, 0.5) is 16.3 Å². The highest BCUT2D eigenvalue weighted by atomic mass is 35.5. The fourth-order valence-corrected chi connectivity index (χ4v) is 1.75. The maximum absolute atomic E-state index is 11.4. The van der Waals surface area contributed by atoms with Gasteiger partial charge in [0, 0.05) is 20.1 Å². The van der Waals surface area contributed by atoms with Gasteiger partial charge in [-0.1, -0.05) is 11.6 Å². The molecule has 0 unspecified atom stereocenters. The van der Waals surface area contributed by atoms with Crippen molar-refractivity contribution in [3.63, 3.8) is 0 Å². The molecule has 7 nitrogen and oxygen atoms in total. The van der Waals surface area contributed by atoms with E-state index in [2.05, 4.69) is 25.9 Å².